The molecule has 0 amide bonds. The first kappa shape index (κ1) is 14.8. The highest BCUT2D eigenvalue weighted by Gasteiger charge is 2.20. The van der Waals surface area contributed by atoms with Gasteiger partial charge in [-0.25, -0.2) is 9.78 Å². The number of benzene rings is 1. The minimum Gasteiger partial charge on any atom is -0.477 e. The fourth-order valence-corrected chi connectivity index (χ4v) is 2.90. The highest BCUT2D eigenvalue weighted by molar-refractivity contribution is 7.17. The summed E-state index contributed by atoms with van der Waals surface area (Å²) in [6.07, 6.45) is 1.60. The largest absolute Gasteiger partial charge is 0.477 e. The standard InChI is InChI=1S/C15H9N3O4S/c19-15(20)13-12(9-4-6-10(7-5-9)18(21)22)17-14(23-13)11-3-1-2-8-16-11/h1-8H,(H,19,20). The summed E-state index contributed by atoms with van der Waals surface area (Å²) in [4.78, 5) is 30.2. The van der Waals surface area contributed by atoms with Crippen LogP contribution in [0, 0.1) is 10.1 Å². The third kappa shape index (κ3) is 2.92. The number of nitro benzene ring substituents is 1. The highest BCUT2D eigenvalue weighted by atomic mass is 32.1. The summed E-state index contributed by atoms with van der Waals surface area (Å²) >= 11 is 1.02. The summed E-state index contributed by atoms with van der Waals surface area (Å²) in [5, 5.41) is 20.6. The molecule has 3 aromatic rings. The number of nitro groups is 1. The van der Waals surface area contributed by atoms with Crippen LogP contribution in [0.1, 0.15) is 9.67 Å². The first-order chi connectivity index (χ1) is 11.1. The average molecular weight is 327 g/mol. The first-order valence-electron chi connectivity index (χ1n) is 6.46. The molecule has 0 aliphatic heterocycles. The van der Waals surface area contributed by atoms with Gasteiger partial charge >= 0.3 is 5.97 Å². The molecule has 1 N–H and O–H groups in total. The van der Waals surface area contributed by atoms with E-state index in [1.165, 1.54) is 24.3 Å². The van der Waals surface area contributed by atoms with Crippen molar-refractivity contribution in [1.29, 1.82) is 0 Å². The van der Waals surface area contributed by atoms with E-state index in [0.29, 0.717) is 16.3 Å². The van der Waals surface area contributed by atoms with Crippen molar-refractivity contribution in [3.8, 4) is 22.0 Å². The van der Waals surface area contributed by atoms with Crippen molar-refractivity contribution >= 4 is 23.0 Å². The van der Waals surface area contributed by atoms with Gasteiger partial charge in [0.25, 0.3) is 5.69 Å². The Morgan fingerprint density at radius 3 is 2.48 bits per heavy atom. The number of hydrogen-bond donors (Lipinski definition) is 1. The van der Waals surface area contributed by atoms with Crippen LogP contribution in [-0.4, -0.2) is 26.0 Å². The summed E-state index contributed by atoms with van der Waals surface area (Å²) in [5.74, 6) is -1.10. The maximum absolute atomic E-state index is 11.5. The van der Waals surface area contributed by atoms with E-state index in [0.717, 1.165) is 11.3 Å². The average Bonchev–Trinajstić information content (AvgIpc) is 3.01. The van der Waals surface area contributed by atoms with Crippen molar-refractivity contribution in [2.75, 3.05) is 0 Å². The maximum atomic E-state index is 11.5. The molecule has 1 aromatic carbocycles. The molecule has 0 fully saturated rings. The Kier molecular flexibility index (Phi) is 3.82. The smallest absolute Gasteiger partial charge is 0.348 e. The zero-order valence-corrected chi connectivity index (χ0v) is 12.4. The molecule has 0 spiro atoms. The van der Waals surface area contributed by atoms with E-state index in [1.807, 2.05) is 0 Å². The van der Waals surface area contributed by atoms with Crippen LogP contribution in [0.15, 0.2) is 48.7 Å². The van der Waals surface area contributed by atoms with Gasteiger partial charge in [0, 0.05) is 23.9 Å². The highest BCUT2D eigenvalue weighted by Crippen LogP contribution is 2.33. The van der Waals surface area contributed by atoms with Gasteiger partial charge in [0.1, 0.15) is 9.88 Å². The van der Waals surface area contributed by atoms with Crippen LogP contribution in [0.5, 0.6) is 0 Å². The maximum Gasteiger partial charge on any atom is 0.348 e. The van der Waals surface area contributed by atoms with Gasteiger partial charge in [0.2, 0.25) is 0 Å². The van der Waals surface area contributed by atoms with Gasteiger partial charge in [0.05, 0.1) is 16.3 Å². The first-order valence-corrected chi connectivity index (χ1v) is 7.28. The van der Waals surface area contributed by atoms with E-state index in [-0.39, 0.29) is 16.3 Å². The van der Waals surface area contributed by atoms with Crippen LogP contribution >= 0.6 is 11.3 Å². The summed E-state index contributed by atoms with van der Waals surface area (Å²) < 4.78 is 0. The van der Waals surface area contributed by atoms with Crippen molar-refractivity contribution in [3.05, 3.63) is 63.7 Å². The molecule has 0 saturated carbocycles. The molecule has 3 rings (SSSR count). The zero-order chi connectivity index (χ0) is 16.4. The molecule has 0 atom stereocenters. The molecular weight excluding hydrogens is 318 g/mol. The normalized spacial score (nSPS) is 10.4. The number of nitrogens with zero attached hydrogens (tertiary/aromatic N) is 3. The Morgan fingerprint density at radius 2 is 1.91 bits per heavy atom. The van der Waals surface area contributed by atoms with Crippen LogP contribution in [0.3, 0.4) is 0 Å². The molecule has 114 valence electrons. The predicted octanol–water partition coefficient (Wildman–Crippen LogP) is 3.48. The second kappa shape index (κ2) is 5.93. The molecular formula is C15H9N3O4S. The Bertz CT molecular complexity index is 875. The van der Waals surface area contributed by atoms with Crippen LogP contribution in [0.25, 0.3) is 22.0 Å². The van der Waals surface area contributed by atoms with Crippen molar-refractivity contribution in [2.45, 2.75) is 0 Å². The van der Waals surface area contributed by atoms with Gasteiger partial charge in [-0.3, -0.25) is 15.1 Å². The third-order valence-corrected chi connectivity index (χ3v) is 4.12. The number of thiazole rings is 1. The van der Waals surface area contributed by atoms with E-state index in [1.54, 1.807) is 24.4 Å². The van der Waals surface area contributed by atoms with Crippen LogP contribution in [0.2, 0.25) is 0 Å². The van der Waals surface area contributed by atoms with E-state index in [2.05, 4.69) is 9.97 Å². The number of aromatic carboxylic acids is 1. The molecule has 0 aliphatic carbocycles. The Balaban J connectivity index is 2.09. The topological polar surface area (TPSA) is 106 Å². The minimum absolute atomic E-state index is 0.0641. The number of carboxylic acid groups (broad SMARTS) is 1. The summed E-state index contributed by atoms with van der Waals surface area (Å²) in [6, 6.07) is 10.9. The molecule has 0 aliphatic rings. The number of pyridine rings is 1. The fourth-order valence-electron chi connectivity index (χ4n) is 2.00. The summed E-state index contributed by atoms with van der Waals surface area (Å²) in [6.45, 7) is 0. The molecule has 0 saturated heterocycles. The summed E-state index contributed by atoms with van der Waals surface area (Å²) in [5.41, 5.74) is 1.29. The van der Waals surface area contributed by atoms with Crippen molar-refractivity contribution in [3.63, 3.8) is 0 Å². The zero-order valence-electron chi connectivity index (χ0n) is 11.5. The van der Waals surface area contributed by atoms with Gasteiger partial charge in [-0.2, -0.15) is 0 Å². The lowest BCUT2D eigenvalue weighted by atomic mass is 10.1. The lowest BCUT2D eigenvalue weighted by Gasteiger charge is -1.98. The van der Waals surface area contributed by atoms with E-state index in [9.17, 15) is 20.0 Å². The Labute approximate surface area is 134 Å². The van der Waals surface area contributed by atoms with Gasteiger partial charge in [-0.15, -0.1) is 11.3 Å². The number of rotatable bonds is 4. The molecule has 2 aromatic heterocycles. The Hall–Kier alpha value is -3.13. The number of carboxylic acids is 1. The number of hydrogen-bond acceptors (Lipinski definition) is 6. The molecule has 8 heteroatoms. The lowest BCUT2D eigenvalue weighted by molar-refractivity contribution is -0.384. The second-order valence-corrected chi connectivity index (χ2v) is 5.52. The Morgan fingerprint density at radius 1 is 1.17 bits per heavy atom. The van der Waals surface area contributed by atoms with Crippen molar-refractivity contribution < 1.29 is 14.8 Å². The lowest BCUT2D eigenvalue weighted by Crippen LogP contribution is -1.95. The molecule has 0 unspecified atom stereocenters. The van der Waals surface area contributed by atoms with Gasteiger partial charge < -0.3 is 5.11 Å². The quantitative estimate of drug-likeness (QED) is 0.581. The number of aromatic nitrogens is 2. The number of non-ortho nitro benzene ring substituents is 1. The van der Waals surface area contributed by atoms with E-state index >= 15 is 0 Å². The fraction of sp³-hybridized carbons (Fsp3) is 0. The van der Waals surface area contributed by atoms with Gasteiger partial charge in [0.15, 0.2) is 0 Å². The van der Waals surface area contributed by atoms with E-state index in [4.69, 9.17) is 0 Å². The van der Waals surface area contributed by atoms with E-state index < -0.39 is 10.9 Å². The van der Waals surface area contributed by atoms with Crippen LogP contribution < -0.4 is 0 Å². The molecule has 2 heterocycles. The van der Waals surface area contributed by atoms with Crippen molar-refractivity contribution in [1.82, 2.24) is 9.97 Å². The summed E-state index contributed by atoms with van der Waals surface area (Å²) in [7, 11) is 0. The van der Waals surface area contributed by atoms with Gasteiger partial charge in [-0.05, 0) is 24.3 Å². The molecule has 23 heavy (non-hydrogen) atoms. The monoisotopic (exact) mass is 327 g/mol. The van der Waals surface area contributed by atoms with Crippen molar-refractivity contribution in [2.24, 2.45) is 0 Å². The number of carbonyl (C=O) groups is 1. The SMILES string of the molecule is O=C(O)c1sc(-c2ccccn2)nc1-c1ccc([N+](=O)[O-])cc1. The molecule has 0 radical (unpaired) electrons. The molecule has 0 bridgehead atoms. The van der Waals surface area contributed by atoms with Gasteiger partial charge in [-0.1, -0.05) is 6.07 Å². The van der Waals surface area contributed by atoms with Crippen LogP contribution in [0.4, 0.5) is 5.69 Å². The predicted molar refractivity (Wildman–Crippen MR) is 84.4 cm³/mol. The molecule has 7 nitrogen and oxygen atoms in total. The minimum atomic E-state index is -1.10. The third-order valence-electron chi connectivity index (χ3n) is 3.06. The second-order valence-electron chi connectivity index (χ2n) is 4.52. The van der Waals surface area contributed by atoms with Crippen LogP contribution in [-0.2, 0) is 0 Å².